The highest BCUT2D eigenvalue weighted by Gasteiger charge is 2.33. The average Bonchev–Trinajstić information content (AvgIpc) is 3.18. The number of nitrogens with zero attached hydrogens (tertiary/aromatic N) is 1. The zero-order valence-corrected chi connectivity index (χ0v) is 17.7. The molecule has 1 aromatic rings. The van der Waals surface area contributed by atoms with Crippen molar-refractivity contribution >= 4 is 11.9 Å². The van der Waals surface area contributed by atoms with Gasteiger partial charge in [0.05, 0.1) is 5.56 Å². The SMILES string of the molecule is CCNC(=NCC1(CCOCC)CCCC1)NCCNC(=O)c1ccccc1F. The number of amides is 1. The topological polar surface area (TPSA) is 74.8 Å². The van der Waals surface area contributed by atoms with Crippen molar-refractivity contribution in [1.29, 1.82) is 0 Å². The second-order valence-corrected chi connectivity index (χ2v) is 7.51. The summed E-state index contributed by atoms with van der Waals surface area (Å²) in [6, 6.07) is 5.98. The molecule has 6 nitrogen and oxygen atoms in total. The predicted molar refractivity (Wildman–Crippen MR) is 115 cm³/mol. The highest BCUT2D eigenvalue weighted by Crippen LogP contribution is 2.41. The van der Waals surface area contributed by atoms with Gasteiger partial charge < -0.3 is 20.7 Å². The maximum atomic E-state index is 13.7. The Labute approximate surface area is 173 Å². The molecule has 0 unspecified atom stereocenters. The number of hydrogen-bond donors (Lipinski definition) is 3. The van der Waals surface area contributed by atoms with Gasteiger partial charge in [-0.15, -0.1) is 0 Å². The van der Waals surface area contributed by atoms with Crippen LogP contribution in [0.15, 0.2) is 29.3 Å². The summed E-state index contributed by atoms with van der Waals surface area (Å²) in [5.74, 6) is -0.176. The fourth-order valence-corrected chi connectivity index (χ4v) is 3.73. The van der Waals surface area contributed by atoms with E-state index >= 15 is 0 Å². The van der Waals surface area contributed by atoms with Gasteiger partial charge in [-0.25, -0.2) is 4.39 Å². The van der Waals surface area contributed by atoms with Crippen molar-refractivity contribution in [3.63, 3.8) is 0 Å². The van der Waals surface area contributed by atoms with Crippen molar-refractivity contribution in [3.8, 4) is 0 Å². The van der Waals surface area contributed by atoms with Crippen LogP contribution in [0.2, 0.25) is 0 Å². The molecule has 1 amide bonds. The quantitative estimate of drug-likeness (QED) is 0.300. The Kier molecular flexibility index (Phi) is 9.91. The predicted octanol–water partition coefficient (Wildman–Crippen LogP) is 3.10. The summed E-state index contributed by atoms with van der Waals surface area (Å²) < 4.78 is 19.2. The summed E-state index contributed by atoms with van der Waals surface area (Å²) >= 11 is 0. The van der Waals surface area contributed by atoms with Gasteiger partial charge >= 0.3 is 0 Å². The Hall–Kier alpha value is -2.15. The number of hydrogen-bond acceptors (Lipinski definition) is 3. The fraction of sp³-hybridized carbons (Fsp3) is 0.636. The molecule has 1 aromatic carbocycles. The molecular formula is C22H35FN4O2. The molecule has 0 saturated heterocycles. The third-order valence-electron chi connectivity index (χ3n) is 5.38. The number of ether oxygens (including phenoxy) is 1. The normalized spacial score (nSPS) is 15.9. The van der Waals surface area contributed by atoms with E-state index in [0.717, 1.165) is 38.7 Å². The van der Waals surface area contributed by atoms with Crippen LogP contribution in [0.1, 0.15) is 56.3 Å². The summed E-state index contributed by atoms with van der Waals surface area (Å²) in [6.07, 6.45) is 5.95. The summed E-state index contributed by atoms with van der Waals surface area (Å²) in [5.41, 5.74) is 0.293. The van der Waals surface area contributed by atoms with E-state index in [2.05, 4.69) is 16.0 Å². The molecule has 0 spiro atoms. The molecule has 0 aliphatic heterocycles. The lowest BCUT2D eigenvalue weighted by Crippen LogP contribution is -2.42. The van der Waals surface area contributed by atoms with Crippen LogP contribution < -0.4 is 16.0 Å². The molecule has 0 bridgehead atoms. The number of aliphatic imine (C=N–C) groups is 1. The van der Waals surface area contributed by atoms with E-state index in [9.17, 15) is 9.18 Å². The van der Waals surface area contributed by atoms with Gasteiger partial charge in [-0.3, -0.25) is 9.79 Å². The van der Waals surface area contributed by atoms with Gasteiger partial charge in [-0.1, -0.05) is 25.0 Å². The van der Waals surface area contributed by atoms with Crippen LogP contribution in [-0.2, 0) is 4.74 Å². The Morgan fingerprint density at radius 2 is 1.86 bits per heavy atom. The molecule has 2 rings (SSSR count). The van der Waals surface area contributed by atoms with Gasteiger partial charge in [0.1, 0.15) is 5.82 Å². The third kappa shape index (κ3) is 7.65. The largest absolute Gasteiger partial charge is 0.382 e. The standard InChI is InChI=1S/C22H35FN4O2/c1-3-24-21(27-17-22(11-7-8-12-22)13-16-29-4-2)26-15-14-25-20(28)18-9-5-6-10-19(18)23/h5-6,9-10H,3-4,7-8,11-17H2,1-2H3,(H,25,28)(H2,24,26,27). The molecule has 1 fully saturated rings. The first-order valence-corrected chi connectivity index (χ1v) is 10.7. The molecule has 29 heavy (non-hydrogen) atoms. The monoisotopic (exact) mass is 406 g/mol. The Morgan fingerprint density at radius 1 is 1.14 bits per heavy atom. The molecular weight excluding hydrogens is 371 g/mol. The third-order valence-corrected chi connectivity index (χ3v) is 5.38. The first-order chi connectivity index (χ1) is 14.1. The summed E-state index contributed by atoms with van der Waals surface area (Å²) in [5, 5.41) is 9.24. The van der Waals surface area contributed by atoms with Gasteiger partial charge in [0.15, 0.2) is 5.96 Å². The van der Waals surface area contributed by atoms with Crippen molar-refractivity contribution in [3.05, 3.63) is 35.6 Å². The fourth-order valence-electron chi connectivity index (χ4n) is 3.73. The van der Waals surface area contributed by atoms with E-state index in [0.29, 0.717) is 13.1 Å². The van der Waals surface area contributed by atoms with Crippen molar-refractivity contribution in [2.45, 2.75) is 46.0 Å². The van der Waals surface area contributed by atoms with Gasteiger partial charge in [0.2, 0.25) is 0 Å². The summed E-state index contributed by atoms with van der Waals surface area (Å²) in [7, 11) is 0. The van der Waals surface area contributed by atoms with Crippen LogP contribution in [0.5, 0.6) is 0 Å². The highest BCUT2D eigenvalue weighted by atomic mass is 19.1. The number of carbonyl (C=O) groups excluding carboxylic acids is 1. The minimum atomic E-state index is -0.512. The number of benzene rings is 1. The molecule has 0 atom stereocenters. The average molecular weight is 407 g/mol. The molecule has 1 saturated carbocycles. The molecule has 162 valence electrons. The van der Waals surface area contributed by atoms with E-state index in [-0.39, 0.29) is 11.0 Å². The van der Waals surface area contributed by atoms with E-state index in [1.807, 2.05) is 13.8 Å². The van der Waals surface area contributed by atoms with Crippen molar-refractivity contribution in [2.24, 2.45) is 10.4 Å². The minimum Gasteiger partial charge on any atom is -0.382 e. The first-order valence-electron chi connectivity index (χ1n) is 10.7. The van der Waals surface area contributed by atoms with Gasteiger partial charge in [-0.05, 0) is 50.7 Å². The zero-order chi connectivity index (χ0) is 21.0. The van der Waals surface area contributed by atoms with E-state index < -0.39 is 11.7 Å². The molecule has 7 heteroatoms. The van der Waals surface area contributed by atoms with Crippen molar-refractivity contribution in [1.82, 2.24) is 16.0 Å². The molecule has 3 N–H and O–H groups in total. The minimum absolute atomic E-state index is 0.0607. The molecule has 0 aromatic heterocycles. The maximum Gasteiger partial charge on any atom is 0.254 e. The molecule has 0 radical (unpaired) electrons. The number of nitrogens with one attached hydrogen (secondary N) is 3. The van der Waals surface area contributed by atoms with Gasteiger partial charge in [0, 0.05) is 39.4 Å². The maximum absolute atomic E-state index is 13.7. The van der Waals surface area contributed by atoms with Crippen LogP contribution in [-0.4, -0.2) is 51.3 Å². The Bertz CT molecular complexity index is 660. The molecule has 1 aliphatic rings. The Balaban J connectivity index is 1.82. The molecule has 1 aliphatic carbocycles. The number of rotatable bonds is 11. The number of guanidine groups is 1. The lowest BCUT2D eigenvalue weighted by molar-refractivity contribution is 0.0950. The highest BCUT2D eigenvalue weighted by molar-refractivity contribution is 5.94. The lowest BCUT2D eigenvalue weighted by atomic mass is 9.83. The molecule has 0 heterocycles. The summed E-state index contributed by atoms with van der Waals surface area (Å²) in [6.45, 7) is 8.02. The lowest BCUT2D eigenvalue weighted by Gasteiger charge is -2.27. The van der Waals surface area contributed by atoms with Crippen LogP contribution in [0.25, 0.3) is 0 Å². The van der Waals surface area contributed by atoms with E-state index in [4.69, 9.17) is 9.73 Å². The van der Waals surface area contributed by atoms with Gasteiger partial charge in [-0.2, -0.15) is 0 Å². The number of halogens is 1. The van der Waals surface area contributed by atoms with E-state index in [1.54, 1.807) is 12.1 Å². The zero-order valence-electron chi connectivity index (χ0n) is 17.7. The van der Waals surface area contributed by atoms with Crippen molar-refractivity contribution in [2.75, 3.05) is 39.4 Å². The van der Waals surface area contributed by atoms with Crippen molar-refractivity contribution < 1.29 is 13.9 Å². The van der Waals surface area contributed by atoms with Crippen LogP contribution in [0.3, 0.4) is 0 Å². The second-order valence-electron chi connectivity index (χ2n) is 7.51. The number of carbonyl (C=O) groups is 1. The van der Waals surface area contributed by atoms with Gasteiger partial charge in [0.25, 0.3) is 5.91 Å². The van der Waals surface area contributed by atoms with Crippen LogP contribution in [0, 0.1) is 11.2 Å². The summed E-state index contributed by atoms with van der Waals surface area (Å²) in [4.78, 5) is 16.9. The Morgan fingerprint density at radius 3 is 2.55 bits per heavy atom. The van der Waals surface area contributed by atoms with Crippen LogP contribution >= 0.6 is 0 Å². The van der Waals surface area contributed by atoms with Crippen LogP contribution in [0.4, 0.5) is 4.39 Å². The second kappa shape index (κ2) is 12.4. The smallest absolute Gasteiger partial charge is 0.254 e. The first kappa shape index (κ1) is 23.1. The van der Waals surface area contributed by atoms with E-state index in [1.165, 1.54) is 37.8 Å².